The van der Waals surface area contributed by atoms with Crippen molar-refractivity contribution in [1.29, 1.82) is 0 Å². The lowest BCUT2D eigenvalue weighted by Gasteiger charge is -2.38. The number of fused-ring (bicyclic) bond motifs is 1. The van der Waals surface area contributed by atoms with Crippen molar-refractivity contribution < 1.29 is 14.3 Å². The number of hydrogen-bond donors (Lipinski definition) is 0. The van der Waals surface area contributed by atoms with E-state index in [0.717, 1.165) is 63.7 Å². The number of rotatable bonds is 5. The van der Waals surface area contributed by atoms with Gasteiger partial charge >= 0.3 is 5.56 Å². The van der Waals surface area contributed by atoms with Gasteiger partial charge in [0.25, 0.3) is 0 Å². The first-order chi connectivity index (χ1) is 17.1. The molecule has 0 atom stereocenters. The van der Waals surface area contributed by atoms with E-state index in [1.807, 2.05) is 12.1 Å². The zero-order chi connectivity index (χ0) is 24.0. The van der Waals surface area contributed by atoms with Crippen LogP contribution in [-0.2, 0) is 22.5 Å². The molecule has 1 aliphatic carbocycles. The summed E-state index contributed by atoms with van der Waals surface area (Å²) in [6.45, 7) is 5.53. The summed E-state index contributed by atoms with van der Waals surface area (Å²) >= 11 is 0. The fourth-order valence-corrected chi connectivity index (χ4v) is 6.12. The topological polar surface area (TPSA) is 80.1 Å². The van der Waals surface area contributed by atoms with E-state index in [-0.39, 0.29) is 23.8 Å². The summed E-state index contributed by atoms with van der Waals surface area (Å²) < 4.78 is 12.2. The van der Waals surface area contributed by atoms with Crippen LogP contribution in [0.3, 0.4) is 0 Å². The maximum absolute atomic E-state index is 13.4. The van der Waals surface area contributed by atoms with E-state index in [0.29, 0.717) is 12.0 Å². The summed E-state index contributed by atoms with van der Waals surface area (Å²) in [5.74, 6) is 0.816. The van der Waals surface area contributed by atoms with Crippen molar-refractivity contribution in [2.75, 3.05) is 67.7 Å². The van der Waals surface area contributed by atoms with Crippen LogP contribution in [0.5, 0.6) is 5.75 Å². The fourth-order valence-electron chi connectivity index (χ4n) is 6.12. The zero-order valence-corrected chi connectivity index (χ0v) is 20.4. The van der Waals surface area contributed by atoms with E-state index in [4.69, 9.17) is 9.47 Å². The number of carbonyl (C=O) groups excluding carboxylic acids is 1. The van der Waals surface area contributed by atoms with Gasteiger partial charge in [-0.2, -0.15) is 5.10 Å². The van der Waals surface area contributed by atoms with Crippen molar-refractivity contribution in [3.63, 3.8) is 0 Å². The van der Waals surface area contributed by atoms with Crippen LogP contribution in [0.4, 0.5) is 17.2 Å². The van der Waals surface area contributed by atoms with Gasteiger partial charge in [-0.15, -0.1) is 0 Å². The van der Waals surface area contributed by atoms with E-state index >= 15 is 0 Å². The molecule has 0 radical (unpaired) electrons. The van der Waals surface area contributed by atoms with Gasteiger partial charge in [-0.25, -0.2) is 4.68 Å². The van der Waals surface area contributed by atoms with Crippen molar-refractivity contribution in [3.05, 3.63) is 40.2 Å². The standard InChI is InChI=1S/C26H33N5O4/c1-34-22-16-23(29-11-9-26(18-29)7-3-8-26)27-31(25(22)33)17-24(32)30-10-6-19-20(4-2-5-21(19)30)28-12-14-35-15-13-28/h2,4-5,16H,3,6-15,17-18H2,1H3. The molecular weight excluding hydrogens is 446 g/mol. The summed E-state index contributed by atoms with van der Waals surface area (Å²) in [5, 5.41) is 4.63. The van der Waals surface area contributed by atoms with Gasteiger partial charge in [0.15, 0.2) is 11.6 Å². The van der Waals surface area contributed by atoms with E-state index in [2.05, 4.69) is 21.0 Å². The molecule has 0 bridgehead atoms. The minimum absolute atomic E-state index is 0.108. The molecule has 2 aromatic rings. The van der Waals surface area contributed by atoms with Gasteiger partial charge in [0.2, 0.25) is 5.91 Å². The third-order valence-electron chi connectivity index (χ3n) is 8.27. The average Bonchev–Trinajstić information content (AvgIpc) is 3.51. The van der Waals surface area contributed by atoms with Gasteiger partial charge in [0, 0.05) is 55.7 Å². The van der Waals surface area contributed by atoms with Crippen LogP contribution in [0, 0.1) is 5.41 Å². The van der Waals surface area contributed by atoms with Crippen LogP contribution in [-0.4, -0.2) is 68.7 Å². The molecule has 3 aliphatic heterocycles. The van der Waals surface area contributed by atoms with Crippen molar-refractivity contribution >= 4 is 23.1 Å². The van der Waals surface area contributed by atoms with E-state index < -0.39 is 0 Å². The van der Waals surface area contributed by atoms with Crippen LogP contribution < -0.4 is 25.0 Å². The summed E-state index contributed by atoms with van der Waals surface area (Å²) in [5.41, 5.74) is 3.34. The highest BCUT2D eigenvalue weighted by molar-refractivity contribution is 5.96. The highest BCUT2D eigenvalue weighted by atomic mass is 16.5. The maximum Gasteiger partial charge on any atom is 0.309 e. The number of aromatic nitrogens is 2. The molecule has 6 rings (SSSR count). The van der Waals surface area contributed by atoms with E-state index in [1.165, 1.54) is 42.3 Å². The molecule has 1 amide bonds. The molecule has 0 unspecified atom stereocenters. The summed E-state index contributed by atoms with van der Waals surface area (Å²) in [4.78, 5) is 32.8. The molecule has 35 heavy (non-hydrogen) atoms. The first-order valence-electron chi connectivity index (χ1n) is 12.7. The second kappa shape index (κ2) is 8.86. The first-order valence-corrected chi connectivity index (χ1v) is 12.7. The molecule has 4 aliphatic rings. The second-order valence-electron chi connectivity index (χ2n) is 10.2. The smallest absolute Gasteiger partial charge is 0.309 e. The highest BCUT2D eigenvalue weighted by Crippen LogP contribution is 2.48. The van der Waals surface area contributed by atoms with Gasteiger partial charge in [-0.05, 0) is 43.2 Å². The Morgan fingerprint density at radius 3 is 2.60 bits per heavy atom. The Morgan fingerprint density at radius 2 is 1.89 bits per heavy atom. The Labute approximate surface area is 205 Å². The van der Waals surface area contributed by atoms with Crippen LogP contribution >= 0.6 is 0 Å². The lowest BCUT2D eigenvalue weighted by Crippen LogP contribution is -2.38. The molecule has 1 spiro atoms. The molecule has 1 aromatic heterocycles. The van der Waals surface area contributed by atoms with Crippen LogP contribution in [0.15, 0.2) is 29.1 Å². The van der Waals surface area contributed by atoms with Crippen LogP contribution in [0.2, 0.25) is 0 Å². The monoisotopic (exact) mass is 479 g/mol. The normalized spacial score (nSPS) is 20.8. The lowest BCUT2D eigenvalue weighted by molar-refractivity contribution is -0.119. The molecule has 4 heterocycles. The molecule has 9 nitrogen and oxygen atoms in total. The SMILES string of the molecule is COc1cc(N2CCC3(CCC3)C2)nn(CC(=O)N2CCc3c(N4CCOCC4)cccc32)c1=O. The maximum atomic E-state index is 13.4. The van der Waals surface area contributed by atoms with Gasteiger partial charge in [0.1, 0.15) is 6.54 Å². The van der Waals surface area contributed by atoms with Crippen LogP contribution in [0.1, 0.15) is 31.2 Å². The Bertz CT molecular complexity index is 1180. The minimum Gasteiger partial charge on any atom is -0.491 e. The number of methoxy groups -OCH3 is 1. The van der Waals surface area contributed by atoms with Gasteiger partial charge in [-0.1, -0.05) is 12.5 Å². The van der Waals surface area contributed by atoms with Gasteiger partial charge < -0.3 is 24.2 Å². The third-order valence-corrected chi connectivity index (χ3v) is 8.27. The predicted molar refractivity (Wildman–Crippen MR) is 134 cm³/mol. The number of carbonyl (C=O) groups is 1. The molecule has 186 valence electrons. The summed E-state index contributed by atoms with van der Waals surface area (Å²) in [7, 11) is 1.49. The number of hydrogen-bond acceptors (Lipinski definition) is 7. The Balaban J connectivity index is 1.24. The van der Waals surface area contributed by atoms with Crippen molar-refractivity contribution in [2.45, 2.75) is 38.6 Å². The summed E-state index contributed by atoms with van der Waals surface area (Å²) in [6.07, 6.45) is 5.78. The van der Waals surface area contributed by atoms with E-state index in [1.54, 1.807) is 11.0 Å². The van der Waals surface area contributed by atoms with Crippen molar-refractivity contribution in [2.24, 2.45) is 5.41 Å². The first kappa shape index (κ1) is 22.4. The third kappa shape index (κ3) is 3.95. The number of benzene rings is 1. The van der Waals surface area contributed by atoms with Gasteiger partial charge in [0.05, 0.1) is 20.3 Å². The number of morpholine rings is 1. The molecule has 1 aromatic carbocycles. The second-order valence-corrected chi connectivity index (χ2v) is 10.2. The Morgan fingerprint density at radius 1 is 1.09 bits per heavy atom. The molecule has 3 fully saturated rings. The van der Waals surface area contributed by atoms with Crippen molar-refractivity contribution in [3.8, 4) is 5.75 Å². The van der Waals surface area contributed by atoms with E-state index in [9.17, 15) is 9.59 Å². The number of amides is 1. The Kier molecular flexibility index (Phi) is 5.67. The molecule has 0 N–H and O–H groups in total. The minimum atomic E-state index is -0.372. The zero-order valence-electron chi connectivity index (χ0n) is 20.4. The molecule has 2 saturated heterocycles. The molecular formula is C26H33N5O4. The quantitative estimate of drug-likeness (QED) is 0.649. The van der Waals surface area contributed by atoms with Crippen molar-refractivity contribution in [1.82, 2.24) is 9.78 Å². The lowest BCUT2D eigenvalue weighted by atomic mass is 9.68. The van der Waals surface area contributed by atoms with Crippen LogP contribution in [0.25, 0.3) is 0 Å². The van der Waals surface area contributed by atoms with Gasteiger partial charge in [-0.3, -0.25) is 9.59 Å². The highest BCUT2D eigenvalue weighted by Gasteiger charge is 2.43. The summed E-state index contributed by atoms with van der Waals surface area (Å²) in [6, 6.07) is 7.86. The number of ether oxygens (including phenoxy) is 2. The largest absolute Gasteiger partial charge is 0.491 e. The molecule has 9 heteroatoms. The fraction of sp³-hybridized carbons (Fsp3) is 0.577. The average molecular weight is 480 g/mol. The number of anilines is 3. The number of nitrogens with zero attached hydrogens (tertiary/aromatic N) is 5. The molecule has 1 saturated carbocycles. The Hall–Kier alpha value is -3.07. The predicted octanol–water partition coefficient (Wildman–Crippen LogP) is 2.06.